The van der Waals surface area contributed by atoms with Crippen molar-refractivity contribution in [3.05, 3.63) is 107 Å². The molecule has 0 spiro atoms. The van der Waals surface area contributed by atoms with E-state index < -0.39 is 40.6 Å². The second-order valence-electron chi connectivity index (χ2n) is 28.0. The monoisotopic (exact) mass is 1370 g/mol. The molecule has 20 heteroatoms. The van der Waals surface area contributed by atoms with E-state index in [-0.39, 0.29) is 91.2 Å². The molecule has 2 amide bonds. The van der Waals surface area contributed by atoms with Crippen LogP contribution in [-0.4, -0.2) is 132 Å². The minimum absolute atomic E-state index is 0.0161. The van der Waals surface area contributed by atoms with Crippen LogP contribution in [0.1, 0.15) is 166 Å². The van der Waals surface area contributed by atoms with Crippen molar-refractivity contribution in [1.29, 1.82) is 0 Å². The van der Waals surface area contributed by atoms with E-state index in [4.69, 9.17) is 48.4 Å². The van der Waals surface area contributed by atoms with Crippen LogP contribution in [0, 0.1) is 60.2 Å². The van der Waals surface area contributed by atoms with Crippen molar-refractivity contribution in [2.24, 2.45) is 46.3 Å². The lowest BCUT2D eigenvalue weighted by Crippen LogP contribution is -2.38. The number of Topliss-reactive ketones (excluding diaryl/α,β-unsaturated/α-hetero) is 2. The quantitative estimate of drug-likeness (QED) is 0.0313. The first kappa shape index (κ1) is 72.9. The number of thiazole rings is 2. The molecule has 0 saturated heterocycles. The second kappa shape index (κ2) is 31.6. The molecule has 524 valence electrons. The van der Waals surface area contributed by atoms with Gasteiger partial charge in [-0.3, -0.25) is 28.8 Å². The van der Waals surface area contributed by atoms with E-state index in [1.54, 1.807) is 73.7 Å². The van der Waals surface area contributed by atoms with Gasteiger partial charge in [0.15, 0.2) is 0 Å². The molecule has 10 atom stereocenters. The van der Waals surface area contributed by atoms with Crippen LogP contribution >= 0.6 is 22.7 Å². The number of nitrogens with zero attached hydrogens (tertiary/aromatic N) is 6. The van der Waals surface area contributed by atoms with Gasteiger partial charge in [0, 0.05) is 96.7 Å². The van der Waals surface area contributed by atoms with Crippen molar-refractivity contribution in [2.75, 3.05) is 54.6 Å². The highest BCUT2D eigenvalue weighted by Crippen LogP contribution is 2.60. The molecule has 5 aliphatic rings. The highest BCUT2D eigenvalue weighted by molar-refractivity contribution is 7.13. The number of hydrogen-bond acceptors (Lipinski definition) is 18. The Morgan fingerprint density at radius 2 is 1.29 bits per heavy atom. The van der Waals surface area contributed by atoms with E-state index in [0.717, 1.165) is 104 Å². The van der Waals surface area contributed by atoms with Crippen LogP contribution in [0.3, 0.4) is 0 Å². The molecule has 6 aromatic rings. The van der Waals surface area contributed by atoms with Gasteiger partial charge in [-0.15, -0.1) is 35.8 Å². The average Bonchev–Trinajstić information content (AvgIpc) is 1.57. The summed E-state index contributed by atoms with van der Waals surface area (Å²) in [4.78, 5) is 106. The number of carbonyl (C=O) groups is 6. The van der Waals surface area contributed by atoms with Gasteiger partial charge in [-0.25, -0.2) is 19.9 Å². The summed E-state index contributed by atoms with van der Waals surface area (Å²) in [7, 11) is 6.92. The van der Waals surface area contributed by atoms with Crippen LogP contribution in [0.2, 0.25) is 0 Å². The van der Waals surface area contributed by atoms with Crippen LogP contribution < -0.4 is 18.9 Å². The number of hydrogen-bond donors (Lipinski definition) is 0. The molecule has 4 fully saturated rings. The Kier molecular flexibility index (Phi) is 23.5. The van der Waals surface area contributed by atoms with Crippen molar-refractivity contribution < 1.29 is 57.2 Å². The maximum atomic E-state index is 14.2. The number of unbranched alkanes of at least 4 members (excludes halogenated alkanes) is 2. The third-order valence-corrected chi connectivity index (χ3v) is 22.5. The average molecular weight is 1380 g/mol. The lowest BCUT2D eigenvalue weighted by atomic mass is 9.84. The van der Waals surface area contributed by atoms with Crippen LogP contribution in [0.4, 0.5) is 0 Å². The van der Waals surface area contributed by atoms with Crippen molar-refractivity contribution in [1.82, 2.24) is 29.7 Å². The molecule has 11 rings (SSSR count). The summed E-state index contributed by atoms with van der Waals surface area (Å²) in [6.45, 7) is 25.4. The number of fused-ring (bicyclic) bond motifs is 4. The van der Waals surface area contributed by atoms with Gasteiger partial charge >= 0.3 is 11.9 Å². The van der Waals surface area contributed by atoms with E-state index >= 15 is 0 Å². The number of benzene rings is 2. The Bertz CT molecular complexity index is 3990. The Hall–Kier alpha value is -7.84. The molecular weight excluding hydrogens is 1280 g/mol. The summed E-state index contributed by atoms with van der Waals surface area (Å²) in [6, 6.07) is 11.6. The molecule has 4 aliphatic carbocycles. The summed E-state index contributed by atoms with van der Waals surface area (Å²) in [5.41, 5.74) is 4.94. The number of ketones is 2. The molecule has 1 aliphatic heterocycles. The highest BCUT2D eigenvalue weighted by Gasteiger charge is 2.63. The largest absolute Gasteiger partial charge is 0.496 e. The smallest absolute Gasteiger partial charge is 0.313 e. The molecule has 18 nitrogen and oxygen atoms in total. The lowest BCUT2D eigenvalue weighted by molar-refractivity contribution is -0.153. The molecule has 0 N–H and O–H groups in total. The summed E-state index contributed by atoms with van der Waals surface area (Å²) in [5, 5.41) is 7.37. The van der Waals surface area contributed by atoms with Gasteiger partial charge in [0.1, 0.15) is 68.2 Å². The van der Waals surface area contributed by atoms with Gasteiger partial charge in [-0.2, -0.15) is 0 Å². The predicted octanol–water partition coefficient (Wildman–Crippen LogP) is 15.4. The van der Waals surface area contributed by atoms with Crippen LogP contribution in [0.25, 0.3) is 43.2 Å². The Morgan fingerprint density at radius 1 is 0.724 bits per heavy atom. The van der Waals surface area contributed by atoms with Crippen molar-refractivity contribution in [2.45, 2.75) is 169 Å². The molecule has 4 saturated carbocycles. The maximum absolute atomic E-state index is 14.2. The molecule has 98 heavy (non-hydrogen) atoms. The van der Waals surface area contributed by atoms with Gasteiger partial charge in [-0.05, 0) is 153 Å². The fourth-order valence-corrected chi connectivity index (χ4v) is 16.6. The number of carbonyl (C=O) groups excluding carboxylic acids is 6. The van der Waals surface area contributed by atoms with E-state index in [1.165, 1.54) is 0 Å². The summed E-state index contributed by atoms with van der Waals surface area (Å²) >= 11 is 3.09. The number of allylic oxidation sites excluding steroid dienone is 4. The zero-order valence-corrected chi connectivity index (χ0v) is 60.9. The first-order valence-corrected chi connectivity index (χ1v) is 36.8. The molecule has 0 unspecified atom stereocenters. The zero-order valence-electron chi connectivity index (χ0n) is 59.2. The minimum Gasteiger partial charge on any atom is -0.496 e. The fraction of sp³-hybridized carbons (Fsp3) is 0.538. The predicted molar refractivity (Wildman–Crippen MR) is 384 cm³/mol. The van der Waals surface area contributed by atoms with E-state index in [2.05, 4.69) is 63.8 Å². The lowest BCUT2D eigenvalue weighted by Gasteiger charge is -2.25. The zero-order chi connectivity index (χ0) is 70.3. The van der Waals surface area contributed by atoms with E-state index in [1.807, 2.05) is 63.4 Å². The molecule has 5 heterocycles. The SMILES string of the molecule is C=CCCCCN(C)C(=O)[C@@H]1C[C@H](Oc2cc(-c3nc(C(C)C)cs3)nc3c(C)c(OC)ccc23)C[C@H]1C(=O)C[C@]1(C(=O)OCC)C[C@H]1C=C.CCOC(=O)[C@]12CC(=O)[C@@H]3C[C@@H](Oc4cc(-c5nc(C(C)C)cs5)nc5c(C)c(OC)ccc45)C[C@H]3C(=O)N(C)CCCC/C=C\[C@@H]1C2. The third-order valence-electron chi connectivity index (χ3n) is 20.8. The van der Waals surface area contributed by atoms with Gasteiger partial charge in [0.05, 0.1) is 72.5 Å². The number of methoxy groups -OCH3 is 2. The molecule has 0 bridgehead atoms. The Labute approximate surface area is 585 Å². The number of esters is 2. The number of rotatable bonds is 24. The van der Waals surface area contributed by atoms with Gasteiger partial charge in [0.25, 0.3) is 0 Å². The van der Waals surface area contributed by atoms with Crippen molar-refractivity contribution >= 4 is 79.8 Å². The van der Waals surface area contributed by atoms with Gasteiger partial charge < -0.3 is 38.2 Å². The molecule has 0 radical (unpaired) electrons. The molecular formula is C78H98N6O12S2. The van der Waals surface area contributed by atoms with Crippen LogP contribution in [0.5, 0.6) is 23.0 Å². The molecule has 2 aromatic carbocycles. The van der Waals surface area contributed by atoms with E-state index in [9.17, 15) is 28.8 Å². The van der Waals surface area contributed by atoms with Crippen LogP contribution in [-0.2, 0) is 38.2 Å². The summed E-state index contributed by atoms with van der Waals surface area (Å²) in [6.07, 6.45) is 15.2. The van der Waals surface area contributed by atoms with Crippen LogP contribution in [0.15, 0.2) is 84.6 Å². The first-order valence-electron chi connectivity index (χ1n) is 35.0. The van der Waals surface area contributed by atoms with E-state index in [0.29, 0.717) is 74.5 Å². The normalized spacial score (nSPS) is 24.8. The topological polar surface area (TPSA) is 216 Å². The van der Waals surface area contributed by atoms with Crippen molar-refractivity contribution in [3.63, 3.8) is 0 Å². The minimum atomic E-state index is -0.909. The van der Waals surface area contributed by atoms with Gasteiger partial charge in [-0.1, -0.05) is 52.0 Å². The third kappa shape index (κ3) is 15.6. The highest BCUT2D eigenvalue weighted by atomic mass is 32.1. The van der Waals surface area contributed by atoms with Crippen molar-refractivity contribution in [3.8, 4) is 44.4 Å². The number of aromatic nitrogens is 4. The first-order chi connectivity index (χ1) is 47.0. The summed E-state index contributed by atoms with van der Waals surface area (Å²) in [5.74, 6) is -0.0332. The Morgan fingerprint density at radius 3 is 1.82 bits per heavy atom. The maximum Gasteiger partial charge on any atom is 0.313 e. The van der Waals surface area contributed by atoms with Gasteiger partial charge in [0.2, 0.25) is 11.8 Å². The summed E-state index contributed by atoms with van der Waals surface area (Å²) < 4.78 is 35.8. The number of ether oxygens (including phenoxy) is 6. The second-order valence-corrected chi connectivity index (χ2v) is 29.7. The fourth-order valence-electron chi connectivity index (χ4n) is 14.7. The standard InChI is InChI=1S/C40H51N3O6S.C38H47N3O6S/c1-9-12-13-14-17-43(7)38(45)30-19-27(18-29(30)33(44)22-40(21-26(40)10-2)39(46)48-11-3)49-35-20-31(37-42-32(23-50-37)24(4)5)41-36-25(6)34(47-8)16-15-28(35)36;1-7-46-37(44)38-19-24(38)12-10-8-9-11-15-41(5)36(43)28-17-25(16-27(28)31(42)20-38)47-33-18-29(35-40-30(21-48-35)22(2)3)39-34-23(4)32(45-6)14-13-26(33)34/h9-10,15-16,20,23-24,26-27,29-30H,1-2,11-14,17-19,21-22H2,3-8H3;10,12-14,18,21-22,24-25,27-28H,7-9,11,15-17,19-20H2,1-6H3/b;12-10-/t26-,27-,29-,30-,40-;24-,25-,27-,28-,38-/m11/s1. The number of aryl methyl sites for hydroxylation is 2. The molecule has 4 aromatic heterocycles. The number of pyridine rings is 2. The number of amides is 2. The Balaban J connectivity index is 0.000000213.